The van der Waals surface area contributed by atoms with E-state index in [9.17, 15) is 22.4 Å². The van der Waals surface area contributed by atoms with Gasteiger partial charge in [0.15, 0.2) is 0 Å². The van der Waals surface area contributed by atoms with Gasteiger partial charge in [0, 0.05) is 20.1 Å². The molecule has 0 aliphatic carbocycles. The minimum Gasteiger partial charge on any atom is -0.452 e. The largest absolute Gasteiger partial charge is 0.452 e. The van der Waals surface area contributed by atoms with Crippen molar-refractivity contribution in [2.24, 2.45) is 0 Å². The Kier molecular flexibility index (Phi) is 5.53. The van der Waals surface area contributed by atoms with Gasteiger partial charge in [-0.2, -0.15) is 0 Å². The number of nitrogens with one attached hydrogen (secondary N) is 2. The normalized spacial score (nSPS) is 11.9. The number of methoxy groups -OCH3 is 1. The summed E-state index contributed by atoms with van der Waals surface area (Å²) in [5.74, 6) is -0.757. The maximum Gasteiger partial charge on any atom is 0.420 e. The highest BCUT2D eigenvalue weighted by atomic mass is 32.2. The summed E-state index contributed by atoms with van der Waals surface area (Å²) in [4.78, 5) is 23.9. The number of fused-ring (bicyclic) bond motifs is 1. The second-order valence-electron chi connectivity index (χ2n) is 6.99. The van der Waals surface area contributed by atoms with Gasteiger partial charge in [-0.15, -0.1) is 0 Å². The number of aromatic nitrogens is 1. The third-order valence-electron chi connectivity index (χ3n) is 4.66. The minimum absolute atomic E-state index is 0. The summed E-state index contributed by atoms with van der Waals surface area (Å²) in [5.41, 5.74) is -0.134. The Labute approximate surface area is 175 Å². The monoisotopic (exact) mass is 437 g/mol. The Hall–Kier alpha value is -3.40. The number of nitrogens with zero attached hydrogens (tertiary/aromatic N) is 1. The highest BCUT2D eigenvalue weighted by Crippen LogP contribution is 2.27. The highest BCUT2D eigenvalue weighted by molar-refractivity contribution is 7.90. The number of carbonyl (C=O) groups excluding carboxylic acids is 2. The van der Waals surface area contributed by atoms with Crippen molar-refractivity contribution in [3.63, 3.8) is 0 Å². The SMILES string of the molecule is COC(=O)NS(=O)(=O)c1ccc(NC(=O)C(C)(C)n2ccc3c(F)cccc32)cc1.[HH].[HH]. The molecule has 1 heterocycles. The zero-order chi connectivity index (χ0) is 22.1. The third-order valence-corrected chi connectivity index (χ3v) is 5.99. The first-order chi connectivity index (χ1) is 14.1. The predicted octanol–water partition coefficient (Wildman–Crippen LogP) is 3.69. The molecule has 0 unspecified atom stereocenters. The Morgan fingerprint density at radius 2 is 1.77 bits per heavy atom. The van der Waals surface area contributed by atoms with Crippen LogP contribution in [0, 0.1) is 5.82 Å². The number of sulfonamides is 1. The topological polar surface area (TPSA) is 106 Å². The summed E-state index contributed by atoms with van der Waals surface area (Å²) < 4.78 is 45.8. The molecule has 2 aromatic carbocycles. The fourth-order valence-electron chi connectivity index (χ4n) is 2.94. The van der Waals surface area contributed by atoms with Gasteiger partial charge in [0.05, 0.1) is 17.5 Å². The first kappa shape index (κ1) is 21.3. The number of amides is 2. The molecular formula is C20H24FN3O5S. The first-order valence-electron chi connectivity index (χ1n) is 8.84. The van der Waals surface area contributed by atoms with Crippen molar-refractivity contribution in [1.82, 2.24) is 9.29 Å². The van der Waals surface area contributed by atoms with Gasteiger partial charge >= 0.3 is 6.09 Å². The van der Waals surface area contributed by atoms with E-state index in [0.29, 0.717) is 16.6 Å². The zero-order valence-corrected chi connectivity index (χ0v) is 17.3. The molecule has 3 aromatic rings. The van der Waals surface area contributed by atoms with E-state index in [0.717, 1.165) is 7.11 Å². The van der Waals surface area contributed by atoms with Crippen LogP contribution in [0.25, 0.3) is 10.9 Å². The van der Waals surface area contributed by atoms with Crippen LogP contribution in [0.15, 0.2) is 59.6 Å². The molecule has 3 rings (SSSR count). The lowest BCUT2D eigenvalue weighted by Crippen LogP contribution is -2.39. The summed E-state index contributed by atoms with van der Waals surface area (Å²) >= 11 is 0. The van der Waals surface area contributed by atoms with Crippen molar-refractivity contribution in [3.05, 3.63) is 60.5 Å². The van der Waals surface area contributed by atoms with E-state index in [-0.39, 0.29) is 19.5 Å². The van der Waals surface area contributed by atoms with Crippen LogP contribution < -0.4 is 10.0 Å². The van der Waals surface area contributed by atoms with Crippen molar-refractivity contribution in [2.75, 3.05) is 12.4 Å². The molecule has 0 fully saturated rings. The zero-order valence-electron chi connectivity index (χ0n) is 16.5. The van der Waals surface area contributed by atoms with Crippen LogP contribution in [-0.4, -0.2) is 32.1 Å². The molecule has 0 bridgehead atoms. The first-order valence-corrected chi connectivity index (χ1v) is 10.3. The van der Waals surface area contributed by atoms with Gasteiger partial charge in [-0.1, -0.05) is 6.07 Å². The maximum atomic E-state index is 14.0. The molecular weight excluding hydrogens is 413 g/mol. The number of hydrogen-bond acceptors (Lipinski definition) is 5. The quantitative estimate of drug-likeness (QED) is 0.633. The number of benzene rings is 2. The van der Waals surface area contributed by atoms with Crippen LogP contribution in [0.3, 0.4) is 0 Å². The van der Waals surface area contributed by atoms with Gasteiger partial charge in [0.2, 0.25) is 5.91 Å². The van der Waals surface area contributed by atoms with E-state index >= 15 is 0 Å². The average molecular weight is 437 g/mol. The van der Waals surface area contributed by atoms with Gasteiger partial charge in [-0.05, 0) is 56.3 Å². The Morgan fingerprint density at radius 1 is 1.10 bits per heavy atom. The second-order valence-corrected chi connectivity index (χ2v) is 8.68. The van der Waals surface area contributed by atoms with Crippen molar-refractivity contribution in [1.29, 1.82) is 0 Å². The highest BCUT2D eigenvalue weighted by Gasteiger charge is 2.31. The summed E-state index contributed by atoms with van der Waals surface area (Å²) in [6.45, 7) is 3.37. The summed E-state index contributed by atoms with van der Waals surface area (Å²) in [5, 5.41) is 3.13. The van der Waals surface area contributed by atoms with E-state index in [2.05, 4.69) is 10.1 Å². The van der Waals surface area contributed by atoms with Crippen LogP contribution in [0.2, 0.25) is 0 Å². The smallest absolute Gasteiger partial charge is 0.420 e. The fourth-order valence-corrected chi connectivity index (χ4v) is 3.85. The molecule has 0 saturated carbocycles. The van der Waals surface area contributed by atoms with E-state index < -0.39 is 21.7 Å². The molecule has 0 aliphatic heterocycles. The molecule has 2 N–H and O–H groups in total. The maximum absolute atomic E-state index is 14.0. The fraction of sp³-hybridized carbons (Fsp3) is 0.200. The minimum atomic E-state index is -4.09. The van der Waals surface area contributed by atoms with Gasteiger partial charge in [-0.25, -0.2) is 22.3 Å². The molecule has 0 radical (unpaired) electrons. The lowest BCUT2D eigenvalue weighted by molar-refractivity contribution is -0.122. The predicted molar refractivity (Wildman–Crippen MR) is 113 cm³/mol. The Bertz CT molecular complexity index is 1230. The van der Waals surface area contributed by atoms with Crippen LogP contribution in [-0.2, 0) is 25.1 Å². The molecule has 8 nitrogen and oxygen atoms in total. The molecule has 0 spiro atoms. The van der Waals surface area contributed by atoms with Crippen molar-refractivity contribution in [2.45, 2.75) is 24.3 Å². The van der Waals surface area contributed by atoms with E-state index in [1.807, 2.05) is 0 Å². The van der Waals surface area contributed by atoms with Crippen LogP contribution >= 0.6 is 0 Å². The molecule has 0 atom stereocenters. The molecule has 0 saturated heterocycles. The number of carbonyl (C=O) groups is 2. The van der Waals surface area contributed by atoms with Crippen LogP contribution in [0.5, 0.6) is 0 Å². The average Bonchev–Trinajstić information content (AvgIpc) is 3.14. The van der Waals surface area contributed by atoms with E-state index in [1.54, 1.807) is 47.5 Å². The van der Waals surface area contributed by atoms with E-state index in [1.165, 1.54) is 30.3 Å². The number of rotatable bonds is 5. The lowest BCUT2D eigenvalue weighted by atomic mass is 10.0. The van der Waals surface area contributed by atoms with Gasteiger partial charge in [0.25, 0.3) is 10.0 Å². The van der Waals surface area contributed by atoms with E-state index in [4.69, 9.17) is 0 Å². The van der Waals surface area contributed by atoms with Crippen LogP contribution in [0.4, 0.5) is 14.9 Å². The number of halogens is 1. The molecule has 2 amide bonds. The summed E-state index contributed by atoms with van der Waals surface area (Å²) in [6, 6.07) is 11.5. The Morgan fingerprint density at radius 3 is 2.40 bits per heavy atom. The van der Waals surface area contributed by atoms with Gasteiger partial charge < -0.3 is 14.6 Å². The standard InChI is InChI=1S/C20H20FN3O5S.2H2/c1-20(2,24-12-11-15-16(21)5-4-6-17(15)24)18(25)22-13-7-9-14(10-8-13)30(27,28)23-19(26)29-3;;/h4-12H,1-3H3,(H,22,25)(H,23,26);2*1H. The lowest BCUT2D eigenvalue weighted by Gasteiger charge is -2.27. The van der Waals surface area contributed by atoms with Gasteiger partial charge in [-0.3, -0.25) is 4.79 Å². The third kappa shape index (κ3) is 3.99. The molecule has 30 heavy (non-hydrogen) atoms. The van der Waals surface area contributed by atoms with Crippen molar-refractivity contribution >= 4 is 38.6 Å². The number of hydrogen-bond donors (Lipinski definition) is 2. The molecule has 1 aromatic heterocycles. The van der Waals surface area contributed by atoms with Gasteiger partial charge in [0.1, 0.15) is 11.4 Å². The van der Waals surface area contributed by atoms with Crippen LogP contribution in [0.1, 0.15) is 16.7 Å². The second kappa shape index (κ2) is 7.79. The van der Waals surface area contributed by atoms with Crippen molar-refractivity contribution < 1.29 is 30.0 Å². The molecule has 162 valence electrons. The summed E-state index contributed by atoms with van der Waals surface area (Å²) in [6.07, 6.45) is 0.533. The van der Waals surface area contributed by atoms with Crippen molar-refractivity contribution in [3.8, 4) is 0 Å². The summed E-state index contributed by atoms with van der Waals surface area (Å²) in [7, 11) is -3.04. The molecule has 0 aliphatic rings. The number of anilines is 1. The Balaban J connectivity index is 0.00000256. The number of ether oxygens (including phenoxy) is 1. The molecule has 10 heteroatoms.